The van der Waals surface area contributed by atoms with E-state index in [-0.39, 0.29) is 12.2 Å². The molecule has 1 aromatic heterocycles. The molecule has 1 atom stereocenters. The summed E-state index contributed by atoms with van der Waals surface area (Å²) in [6.45, 7) is 6.97. The highest BCUT2D eigenvalue weighted by molar-refractivity contribution is 5.88. The monoisotopic (exact) mass is 264 g/mol. The Morgan fingerprint density at radius 1 is 1.32 bits per heavy atom. The summed E-state index contributed by atoms with van der Waals surface area (Å²) in [5, 5.41) is 2.53. The average molecular weight is 264 g/mol. The van der Waals surface area contributed by atoms with Crippen LogP contribution in [-0.4, -0.2) is 28.5 Å². The van der Waals surface area contributed by atoms with Gasteiger partial charge < -0.3 is 10.1 Å². The van der Waals surface area contributed by atoms with Crippen molar-refractivity contribution in [2.24, 2.45) is 0 Å². The normalized spacial score (nSPS) is 12.6. The molecule has 0 unspecified atom stereocenters. The molecule has 0 aliphatic rings. The molecule has 0 aromatic carbocycles. The van der Waals surface area contributed by atoms with Crippen molar-refractivity contribution in [1.82, 2.24) is 10.3 Å². The number of pyridine rings is 1. The smallest absolute Gasteiger partial charge is 0.408 e. The van der Waals surface area contributed by atoms with E-state index < -0.39 is 17.7 Å². The largest absolute Gasteiger partial charge is 0.444 e. The van der Waals surface area contributed by atoms with E-state index in [0.717, 1.165) is 5.56 Å². The number of carbonyl (C=O) groups is 2. The molecule has 0 saturated carbocycles. The maximum atomic E-state index is 11.9. The number of nitrogens with one attached hydrogen (secondary N) is 1. The number of hydrogen-bond acceptors (Lipinski definition) is 4. The van der Waals surface area contributed by atoms with Gasteiger partial charge in [-0.05, 0) is 45.4 Å². The maximum Gasteiger partial charge on any atom is 0.408 e. The first kappa shape index (κ1) is 15.1. The molecule has 1 amide bonds. The molecule has 0 bridgehead atoms. The van der Waals surface area contributed by atoms with E-state index in [1.165, 1.54) is 0 Å². The first-order chi connectivity index (χ1) is 8.78. The Morgan fingerprint density at radius 3 is 2.42 bits per heavy atom. The minimum Gasteiger partial charge on any atom is -0.444 e. The van der Waals surface area contributed by atoms with Crippen LogP contribution >= 0.6 is 0 Å². The van der Waals surface area contributed by atoms with Crippen molar-refractivity contribution in [2.75, 3.05) is 0 Å². The van der Waals surface area contributed by atoms with Crippen molar-refractivity contribution in [3.8, 4) is 0 Å². The van der Waals surface area contributed by atoms with E-state index in [1.54, 1.807) is 52.2 Å². The van der Waals surface area contributed by atoms with Gasteiger partial charge in [0, 0.05) is 18.8 Å². The summed E-state index contributed by atoms with van der Waals surface area (Å²) in [4.78, 5) is 27.3. The first-order valence-electron chi connectivity index (χ1n) is 6.19. The Bertz CT molecular complexity index is 438. The molecule has 1 heterocycles. The van der Waals surface area contributed by atoms with Gasteiger partial charge in [-0.15, -0.1) is 0 Å². The number of aromatic nitrogens is 1. The van der Waals surface area contributed by atoms with Crippen LogP contribution in [0, 0.1) is 0 Å². The van der Waals surface area contributed by atoms with Crippen LogP contribution in [0.5, 0.6) is 0 Å². The standard InChI is InChI=1S/C14H20N2O3/c1-10(16-13(18)19-14(2,3)4)12(17)9-11-5-7-15-8-6-11/h5-8,10H,9H2,1-4H3,(H,16,18)/t10-/m0/s1. The number of alkyl carbamates (subject to hydrolysis) is 1. The number of carbonyl (C=O) groups excluding carboxylic acids is 2. The predicted molar refractivity (Wildman–Crippen MR) is 71.8 cm³/mol. The zero-order valence-electron chi connectivity index (χ0n) is 11.8. The highest BCUT2D eigenvalue weighted by Crippen LogP contribution is 2.07. The van der Waals surface area contributed by atoms with Gasteiger partial charge in [0.2, 0.25) is 0 Å². The van der Waals surface area contributed by atoms with Gasteiger partial charge in [-0.2, -0.15) is 0 Å². The molecular weight excluding hydrogens is 244 g/mol. The lowest BCUT2D eigenvalue weighted by atomic mass is 10.1. The highest BCUT2D eigenvalue weighted by Gasteiger charge is 2.20. The van der Waals surface area contributed by atoms with Crippen LogP contribution in [0.15, 0.2) is 24.5 Å². The van der Waals surface area contributed by atoms with Crippen LogP contribution in [-0.2, 0) is 16.0 Å². The third-order valence-corrected chi connectivity index (χ3v) is 2.34. The lowest BCUT2D eigenvalue weighted by Crippen LogP contribution is -2.42. The molecule has 1 rings (SSSR count). The summed E-state index contributed by atoms with van der Waals surface area (Å²) in [6.07, 6.45) is 2.95. The Kier molecular flexibility index (Phi) is 5.03. The van der Waals surface area contributed by atoms with Gasteiger partial charge >= 0.3 is 6.09 Å². The third-order valence-electron chi connectivity index (χ3n) is 2.34. The molecule has 1 aromatic rings. The summed E-state index contributed by atoms with van der Waals surface area (Å²) >= 11 is 0. The molecule has 0 aliphatic carbocycles. The van der Waals surface area contributed by atoms with Crippen molar-refractivity contribution in [2.45, 2.75) is 45.8 Å². The number of nitrogens with zero attached hydrogens (tertiary/aromatic N) is 1. The van der Waals surface area contributed by atoms with E-state index in [1.807, 2.05) is 0 Å². The second kappa shape index (κ2) is 6.31. The number of Topliss-reactive ketones (excluding diaryl/α,β-unsaturated/α-hetero) is 1. The van der Waals surface area contributed by atoms with E-state index in [9.17, 15) is 9.59 Å². The fourth-order valence-corrected chi connectivity index (χ4v) is 1.42. The van der Waals surface area contributed by atoms with Crippen molar-refractivity contribution < 1.29 is 14.3 Å². The Morgan fingerprint density at radius 2 is 1.89 bits per heavy atom. The minimum atomic E-state index is -0.581. The first-order valence-corrected chi connectivity index (χ1v) is 6.19. The number of hydrogen-bond donors (Lipinski definition) is 1. The summed E-state index contributed by atoms with van der Waals surface area (Å²) in [7, 11) is 0. The summed E-state index contributed by atoms with van der Waals surface area (Å²) < 4.78 is 5.10. The Labute approximate surface area is 113 Å². The minimum absolute atomic E-state index is 0.0722. The van der Waals surface area contributed by atoms with Crippen molar-refractivity contribution in [1.29, 1.82) is 0 Å². The zero-order chi connectivity index (χ0) is 14.5. The maximum absolute atomic E-state index is 11.9. The topological polar surface area (TPSA) is 68.3 Å². The summed E-state index contributed by atoms with van der Waals surface area (Å²) in [6, 6.07) is 2.97. The molecule has 5 heteroatoms. The van der Waals surface area contributed by atoms with Crippen LogP contribution in [0.4, 0.5) is 4.79 Å². The fourth-order valence-electron chi connectivity index (χ4n) is 1.42. The lowest BCUT2D eigenvalue weighted by molar-refractivity contribution is -0.120. The number of amides is 1. The molecule has 104 valence electrons. The van der Waals surface area contributed by atoms with E-state index in [0.29, 0.717) is 0 Å². The third kappa shape index (κ3) is 5.99. The van der Waals surface area contributed by atoms with E-state index >= 15 is 0 Å². The van der Waals surface area contributed by atoms with E-state index in [2.05, 4.69) is 10.3 Å². The lowest BCUT2D eigenvalue weighted by Gasteiger charge is -2.21. The second-order valence-corrected chi connectivity index (χ2v) is 5.37. The molecule has 1 N–H and O–H groups in total. The van der Waals surface area contributed by atoms with Gasteiger partial charge in [0.25, 0.3) is 0 Å². The highest BCUT2D eigenvalue weighted by atomic mass is 16.6. The fraction of sp³-hybridized carbons (Fsp3) is 0.500. The zero-order valence-corrected chi connectivity index (χ0v) is 11.8. The van der Waals surface area contributed by atoms with Crippen LogP contribution in [0.3, 0.4) is 0 Å². The SMILES string of the molecule is C[C@H](NC(=O)OC(C)(C)C)C(=O)Cc1ccncc1. The van der Waals surface area contributed by atoms with Crippen LogP contribution in [0.1, 0.15) is 33.3 Å². The summed E-state index contributed by atoms with van der Waals surface area (Å²) in [5.74, 6) is -0.0722. The van der Waals surface area contributed by atoms with E-state index in [4.69, 9.17) is 4.74 Å². The molecule has 0 spiro atoms. The molecule has 0 fully saturated rings. The van der Waals surface area contributed by atoms with Gasteiger partial charge in [-0.1, -0.05) is 0 Å². The second-order valence-electron chi connectivity index (χ2n) is 5.37. The molecule has 0 aliphatic heterocycles. The number of ether oxygens (including phenoxy) is 1. The summed E-state index contributed by atoms with van der Waals surface area (Å²) in [5.41, 5.74) is 0.302. The van der Waals surface area contributed by atoms with Gasteiger partial charge in [-0.3, -0.25) is 9.78 Å². The van der Waals surface area contributed by atoms with Crippen molar-refractivity contribution in [3.05, 3.63) is 30.1 Å². The predicted octanol–water partition coefficient (Wildman–Crippen LogP) is 2.11. The average Bonchev–Trinajstić information content (AvgIpc) is 2.27. The molecular formula is C14H20N2O3. The van der Waals surface area contributed by atoms with Crippen LogP contribution in [0.2, 0.25) is 0 Å². The van der Waals surface area contributed by atoms with Gasteiger partial charge in [-0.25, -0.2) is 4.79 Å². The molecule has 5 nitrogen and oxygen atoms in total. The van der Waals surface area contributed by atoms with Gasteiger partial charge in [0.15, 0.2) is 5.78 Å². The van der Waals surface area contributed by atoms with Crippen LogP contribution < -0.4 is 5.32 Å². The van der Waals surface area contributed by atoms with Crippen molar-refractivity contribution in [3.63, 3.8) is 0 Å². The van der Waals surface area contributed by atoms with Crippen LogP contribution in [0.25, 0.3) is 0 Å². The molecule has 19 heavy (non-hydrogen) atoms. The van der Waals surface area contributed by atoms with Crippen molar-refractivity contribution >= 4 is 11.9 Å². The molecule has 0 radical (unpaired) electrons. The molecule has 0 saturated heterocycles. The quantitative estimate of drug-likeness (QED) is 0.904. The van der Waals surface area contributed by atoms with Gasteiger partial charge in [0.1, 0.15) is 5.60 Å². The number of ketones is 1. The Balaban J connectivity index is 2.47. The van der Waals surface area contributed by atoms with Gasteiger partial charge in [0.05, 0.1) is 6.04 Å². The number of rotatable bonds is 4. The Hall–Kier alpha value is -1.91.